The average molecular weight is 264 g/mol. The van der Waals surface area contributed by atoms with Gasteiger partial charge in [0.15, 0.2) is 0 Å². The third-order valence-corrected chi connectivity index (χ3v) is 3.57. The topological polar surface area (TPSA) is 41.1 Å². The number of hydrogen-bond donors (Lipinski definition) is 2. The molecule has 1 amide bonds. The first-order chi connectivity index (χ1) is 9.08. The van der Waals surface area contributed by atoms with Crippen molar-refractivity contribution >= 4 is 5.91 Å². The fourth-order valence-corrected chi connectivity index (χ4v) is 2.47. The molecule has 0 bridgehead atoms. The van der Waals surface area contributed by atoms with Crippen LogP contribution in [0.4, 0.5) is 4.39 Å². The molecule has 1 aromatic carbocycles. The van der Waals surface area contributed by atoms with Gasteiger partial charge < -0.3 is 10.6 Å². The number of nitrogens with one attached hydrogen (secondary N) is 2. The van der Waals surface area contributed by atoms with Crippen LogP contribution in [0.2, 0.25) is 0 Å². The molecule has 1 aromatic rings. The van der Waals surface area contributed by atoms with Gasteiger partial charge >= 0.3 is 0 Å². The number of rotatable bonds is 4. The van der Waals surface area contributed by atoms with Crippen LogP contribution in [-0.4, -0.2) is 18.5 Å². The quantitative estimate of drug-likeness (QED) is 0.876. The summed E-state index contributed by atoms with van der Waals surface area (Å²) in [6.45, 7) is 5.01. The molecule has 1 heterocycles. The first-order valence-corrected chi connectivity index (χ1v) is 6.87. The van der Waals surface area contributed by atoms with E-state index in [1.54, 1.807) is 12.1 Å². The van der Waals surface area contributed by atoms with E-state index in [4.69, 9.17) is 0 Å². The molecule has 1 aliphatic heterocycles. The molecule has 104 valence electrons. The lowest BCUT2D eigenvalue weighted by Crippen LogP contribution is -2.43. The maximum absolute atomic E-state index is 13.0. The van der Waals surface area contributed by atoms with Crippen LogP contribution in [0.15, 0.2) is 24.3 Å². The van der Waals surface area contributed by atoms with Crippen molar-refractivity contribution in [1.82, 2.24) is 10.6 Å². The maximum Gasteiger partial charge on any atom is 0.237 e. The van der Waals surface area contributed by atoms with Crippen LogP contribution in [0.5, 0.6) is 0 Å². The van der Waals surface area contributed by atoms with Gasteiger partial charge in [0.25, 0.3) is 0 Å². The normalized spacial score (nSPS) is 20.5. The zero-order valence-corrected chi connectivity index (χ0v) is 11.4. The SMILES string of the molecule is CC(C)C(NC(=O)C1CCCN1)c1ccc(F)cc1. The van der Waals surface area contributed by atoms with Gasteiger partial charge in [-0.25, -0.2) is 4.39 Å². The predicted molar refractivity (Wildman–Crippen MR) is 73.1 cm³/mol. The van der Waals surface area contributed by atoms with Gasteiger partial charge in [0, 0.05) is 0 Å². The van der Waals surface area contributed by atoms with E-state index < -0.39 is 0 Å². The Balaban J connectivity index is 2.07. The number of hydrogen-bond acceptors (Lipinski definition) is 2. The second kappa shape index (κ2) is 6.15. The van der Waals surface area contributed by atoms with Crippen LogP contribution < -0.4 is 10.6 Å². The first-order valence-electron chi connectivity index (χ1n) is 6.87. The minimum atomic E-state index is -0.255. The molecule has 0 saturated carbocycles. The maximum atomic E-state index is 13.0. The third kappa shape index (κ3) is 3.53. The van der Waals surface area contributed by atoms with Crippen LogP contribution in [0.1, 0.15) is 38.3 Å². The van der Waals surface area contributed by atoms with Crippen molar-refractivity contribution in [3.8, 4) is 0 Å². The average Bonchev–Trinajstić information content (AvgIpc) is 2.90. The monoisotopic (exact) mass is 264 g/mol. The lowest BCUT2D eigenvalue weighted by Gasteiger charge is -2.24. The van der Waals surface area contributed by atoms with Crippen LogP contribution in [-0.2, 0) is 4.79 Å². The minimum absolute atomic E-state index is 0.0422. The van der Waals surface area contributed by atoms with E-state index in [0.29, 0.717) is 0 Å². The first kappa shape index (κ1) is 14.0. The second-order valence-electron chi connectivity index (χ2n) is 5.43. The van der Waals surface area contributed by atoms with Crippen molar-refractivity contribution in [3.63, 3.8) is 0 Å². The molecule has 2 rings (SSSR count). The molecule has 1 aliphatic rings. The third-order valence-electron chi connectivity index (χ3n) is 3.57. The van der Waals surface area contributed by atoms with Gasteiger partial charge in [-0.1, -0.05) is 26.0 Å². The van der Waals surface area contributed by atoms with Gasteiger partial charge in [0.05, 0.1) is 12.1 Å². The summed E-state index contributed by atoms with van der Waals surface area (Å²) < 4.78 is 13.0. The summed E-state index contributed by atoms with van der Waals surface area (Å²) in [5.74, 6) is 0.0476. The standard InChI is InChI=1S/C15H21FN2O/c1-10(2)14(11-5-7-12(16)8-6-11)18-15(19)13-4-3-9-17-13/h5-8,10,13-14,17H,3-4,9H2,1-2H3,(H,18,19). The van der Waals surface area contributed by atoms with Gasteiger partial charge in [-0.3, -0.25) is 4.79 Å². The van der Waals surface area contributed by atoms with E-state index in [0.717, 1.165) is 24.9 Å². The fraction of sp³-hybridized carbons (Fsp3) is 0.533. The molecule has 0 spiro atoms. The Hall–Kier alpha value is -1.42. The Kier molecular flexibility index (Phi) is 4.53. The number of amides is 1. The largest absolute Gasteiger partial charge is 0.348 e. The Morgan fingerprint density at radius 1 is 1.37 bits per heavy atom. The van der Waals surface area contributed by atoms with Crippen LogP contribution in [0, 0.1) is 11.7 Å². The minimum Gasteiger partial charge on any atom is -0.348 e. The Morgan fingerprint density at radius 2 is 2.05 bits per heavy atom. The van der Waals surface area contributed by atoms with Crippen molar-refractivity contribution < 1.29 is 9.18 Å². The highest BCUT2D eigenvalue weighted by atomic mass is 19.1. The Bertz CT molecular complexity index is 424. The summed E-state index contributed by atoms with van der Waals surface area (Å²) in [6.07, 6.45) is 1.93. The molecule has 19 heavy (non-hydrogen) atoms. The molecule has 0 radical (unpaired) electrons. The van der Waals surface area contributed by atoms with Crippen LogP contribution in [0.3, 0.4) is 0 Å². The van der Waals surface area contributed by atoms with Crippen LogP contribution in [0.25, 0.3) is 0 Å². The van der Waals surface area contributed by atoms with Crippen molar-refractivity contribution in [2.24, 2.45) is 5.92 Å². The molecular formula is C15H21FN2O. The zero-order valence-electron chi connectivity index (χ0n) is 11.4. The molecule has 2 unspecified atom stereocenters. The highest BCUT2D eigenvalue weighted by molar-refractivity contribution is 5.82. The van der Waals surface area contributed by atoms with E-state index in [9.17, 15) is 9.18 Å². The Morgan fingerprint density at radius 3 is 2.58 bits per heavy atom. The summed E-state index contributed by atoms with van der Waals surface area (Å²) in [6, 6.07) is 6.19. The van der Waals surface area contributed by atoms with Crippen LogP contribution >= 0.6 is 0 Å². The highest BCUT2D eigenvalue weighted by Gasteiger charge is 2.26. The molecule has 0 aliphatic carbocycles. The highest BCUT2D eigenvalue weighted by Crippen LogP contribution is 2.22. The van der Waals surface area contributed by atoms with E-state index in [1.165, 1.54) is 12.1 Å². The number of halogens is 1. The van der Waals surface area contributed by atoms with E-state index in [1.807, 2.05) is 0 Å². The van der Waals surface area contributed by atoms with Crippen molar-refractivity contribution in [3.05, 3.63) is 35.6 Å². The molecule has 2 atom stereocenters. The van der Waals surface area contributed by atoms with E-state index >= 15 is 0 Å². The summed E-state index contributed by atoms with van der Waals surface area (Å²) in [4.78, 5) is 12.2. The fourth-order valence-electron chi connectivity index (χ4n) is 2.47. The molecule has 1 fully saturated rings. The number of benzene rings is 1. The van der Waals surface area contributed by atoms with Gasteiger partial charge in [0.1, 0.15) is 5.82 Å². The smallest absolute Gasteiger partial charge is 0.237 e. The lowest BCUT2D eigenvalue weighted by molar-refractivity contribution is -0.123. The molecular weight excluding hydrogens is 243 g/mol. The van der Waals surface area contributed by atoms with E-state index in [2.05, 4.69) is 24.5 Å². The Labute approximate surface area is 113 Å². The summed E-state index contributed by atoms with van der Waals surface area (Å²) in [7, 11) is 0. The number of carbonyl (C=O) groups excluding carboxylic acids is 1. The number of carbonyl (C=O) groups is 1. The molecule has 3 nitrogen and oxygen atoms in total. The molecule has 1 saturated heterocycles. The molecule has 4 heteroatoms. The van der Waals surface area contributed by atoms with Crippen molar-refractivity contribution in [1.29, 1.82) is 0 Å². The predicted octanol–water partition coefficient (Wildman–Crippen LogP) is 2.39. The molecule has 0 aromatic heterocycles. The van der Waals surface area contributed by atoms with Gasteiger partial charge in [0.2, 0.25) is 5.91 Å². The van der Waals surface area contributed by atoms with Gasteiger partial charge in [-0.2, -0.15) is 0 Å². The second-order valence-corrected chi connectivity index (χ2v) is 5.43. The van der Waals surface area contributed by atoms with Gasteiger partial charge in [-0.05, 0) is 43.0 Å². The molecule has 2 N–H and O–H groups in total. The zero-order chi connectivity index (χ0) is 13.8. The summed E-state index contributed by atoms with van der Waals surface area (Å²) in [5.41, 5.74) is 0.947. The van der Waals surface area contributed by atoms with Crippen molar-refractivity contribution in [2.45, 2.75) is 38.8 Å². The van der Waals surface area contributed by atoms with Crippen molar-refractivity contribution in [2.75, 3.05) is 6.54 Å². The lowest BCUT2D eigenvalue weighted by atomic mass is 9.95. The van der Waals surface area contributed by atoms with E-state index in [-0.39, 0.29) is 29.7 Å². The summed E-state index contributed by atoms with van der Waals surface area (Å²) in [5, 5.41) is 6.26. The summed E-state index contributed by atoms with van der Waals surface area (Å²) >= 11 is 0. The van der Waals surface area contributed by atoms with Gasteiger partial charge in [-0.15, -0.1) is 0 Å².